The van der Waals surface area contributed by atoms with Gasteiger partial charge >= 0.3 is 0 Å². The molecule has 0 saturated heterocycles. The zero-order chi connectivity index (χ0) is 16.1. The van der Waals surface area contributed by atoms with Gasteiger partial charge in [0.15, 0.2) is 17.3 Å². The lowest BCUT2D eigenvalue weighted by Gasteiger charge is -2.09. The van der Waals surface area contributed by atoms with Crippen LogP contribution in [-0.2, 0) is 0 Å². The third kappa shape index (κ3) is 3.38. The summed E-state index contributed by atoms with van der Waals surface area (Å²) in [7, 11) is 2.89. The first-order chi connectivity index (χ1) is 10.5. The van der Waals surface area contributed by atoms with Gasteiger partial charge in [-0.15, -0.1) is 0 Å². The van der Waals surface area contributed by atoms with E-state index in [4.69, 9.17) is 15.2 Å². The van der Waals surface area contributed by atoms with Crippen LogP contribution in [0.4, 0.5) is 5.69 Å². The van der Waals surface area contributed by atoms with Crippen molar-refractivity contribution in [2.75, 3.05) is 20.0 Å². The van der Waals surface area contributed by atoms with Crippen LogP contribution in [0.15, 0.2) is 42.5 Å². The fraction of sp³-hybridized carbons (Fsp3) is 0.118. The summed E-state index contributed by atoms with van der Waals surface area (Å²) in [6, 6.07) is 9.91. The van der Waals surface area contributed by atoms with Crippen LogP contribution < -0.4 is 15.2 Å². The van der Waals surface area contributed by atoms with Crippen molar-refractivity contribution < 1.29 is 19.4 Å². The summed E-state index contributed by atoms with van der Waals surface area (Å²) in [6.45, 7) is 0. The number of methoxy groups -OCH3 is 2. The van der Waals surface area contributed by atoms with E-state index in [1.165, 1.54) is 20.3 Å². The second kappa shape index (κ2) is 6.67. The highest BCUT2D eigenvalue weighted by Crippen LogP contribution is 2.37. The summed E-state index contributed by atoms with van der Waals surface area (Å²) in [5.41, 5.74) is 7.42. The number of phenolic OH excluding ortho intramolecular Hbond substituents is 1. The van der Waals surface area contributed by atoms with Crippen LogP contribution in [-0.4, -0.2) is 25.1 Å². The number of carbonyl (C=O) groups excluding carboxylic acids is 1. The van der Waals surface area contributed by atoms with Gasteiger partial charge in [-0.1, -0.05) is 6.08 Å². The van der Waals surface area contributed by atoms with Gasteiger partial charge in [-0.3, -0.25) is 4.79 Å². The van der Waals surface area contributed by atoms with E-state index in [2.05, 4.69) is 0 Å². The minimum absolute atomic E-state index is 0.0768. The van der Waals surface area contributed by atoms with Gasteiger partial charge < -0.3 is 20.3 Å². The first kappa shape index (κ1) is 15.4. The molecule has 2 rings (SSSR count). The van der Waals surface area contributed by atoms with Crippen molar-refractivity contribution >= 4 is 17.5 Å². The molecule has 3 N–H and O–H groups in total. The standard InChI is InChI=1S/C17H17NO4/c1-21-15-9-11(10-16(22-2)17(15)20)3-8-14(19)12-4-6-13(18)7-5-12/h3-10,20H,18H2,1-2H3/b8-3+. The van der Waals surface area contributed by atoms with E-state index < -0.39 is 0 Å². The van der Waals surface area contributed by atoms with Crippen LogP contribution in [0.2, 0.25) is 0 Å². The highest BCUT2D eigenvalue weighted by molar-refractivity contribution is 6.07. The van der Waals surface area contributed by atoms with Crippen LogP contribution >= 0.6 is 0 Å². The molecule has 0 aliphatic carbocycles. The quantitative estimate of drug-likeness (QED) is 0.504. The van der Waals surface area contributed by atoms with E-state index in [-0.39, 0.29) is 23.0 Å². The molecule has 0 aliphatic rings. The van der Waals surface area contributed by atoms with E-state index in [1.54, 1.807) is 42.5 Å². The van der Waals surface area contributed by atoms with Crippen molar-refractivity contribution in [1.82, 2.24) is 0 Å². The average molecular weight is 299 g/mol. The SMILES string of the molecule is COc1cc(/C=C/C(=O)c2ccc(N)cc2)cc(OC)c1O. The molecule has 2 aromatic carbocycles. The van der Waals surface area contributed by atoms with Crippen LogP contribution in [0.1, 0.15) is 15.9 Å². The molecule has 114 valence electrons. The molecule has 0 unspecified atom stereocenters. The highest BCUT2D eigenvalue weighted by atomic mass is 16.5. The number of anilines is 1. The Morgan fingerprint density at radius 1 is 1.09 bits per heavy atom. The average Bonchev–Trinajstić information content (AvgIpc) is 2.54. The molecule has 0 aliphatic heterocycles. The van der Waals surface area contributed by atoms with Gasteiger partial charge in [0.05, 0.1) is 14.2 Å². The number of nitrogens with two attached hydrogens (primary N) is 1. The Bertz CT molecular complexity index is 680. The first-order valence-electron chi connectivity index (χ1n) is 6.58. The lowest BCUT2D eigenvalue weighted by molar-refractivity contribution is 0.104. The van der Waals surface area contributed by atoms with Crippen molar-refractivity contribution in [2.45, 2.75) is 0 Å². The fourth-order valence-electron chi connectivity index (χ4n) is 1.93. The molecule has 0 saturated carbocycles. The normalized spacial score (nSPS) is 10.6. The Balaban J connectivity index is 2.26. The second-order valence-electron chi connectivity index (χ2n) is 4.59. The minimum atomic E-state index is -0.147. The highest BCUT2D eigenvalue weighted by Gasteiger charge is 2.10. The maximum absolute atomic E-state index is 12.1. The summed E-state index contributed by atoms with van der Waals surface area (Å²) in [5, 5.41) is 9.84. The van der Waals surface area contributed by atoms with Gasteiger partial charge in [0.1, 0.15) is 0 Å². The molecule has 0 atom stereocenters. The van der Waals surface area contributed by atoms with Crippen LogP contribution in [0.3, 0.4) is 0 Å². The molecule has 5 heteroatoms. The van der Waals surface area contributed by atoms with Gasteiger partial charge in [0.25, 0.3) is 0 Å². The van der Waals surface area contributed by atoms with Gasteiger partial charge in [0.2, 0.25) is 5.75 Å². The number of nitrogen functional groups attached to an aromatic ring is 1. The summed E-state index contributed by atoms with van der Waals surface area (Å²) in [4.78, 5) is 12.1. The molecule has 0 aromatic heterocycles. The van der Waals surface area contributed by atoms with E-state index in [9.17, 15) is 9.90 Å². The number of phenols is 1. The Labute approximate surface area is 128 Å². The van der Waals surface area contributed by atoms with Crippen molar-refractivity contribution in [3.8, 4) is 17.2 Å². The molecule has 5 nitrogen and oxygen atoms in total. The number of ketones is 1. The van der Waals surface area contributed by atoms with Crippen molar-refractivity contribution in [3.05, 3.63) is 53.6 Å². The number of allylic oxidation sites excluding steroid dienone is 1. The number of aromatic hydroxyl groups is 1. The molecular formula is C17H17NO4. The molecule has 2 aromatic rings. The van der Waals surface area contributed by atoms with E-state index in [0.29, 0.717) is 16.8 Å². The Morgan fingerprint density at radius 2 is 1.64 bits per heavy atom. The van der Waals surface area contributed by atoms with Crippen molar-refractivity contribution in [1.29, 1.82) is 0 Å². The summed E-state index contributed by atoms with van der Waals surface area (Å²) >= 11 is 0. The molecule has 0 heterocycles. The van der Waals surface area contributed by atoms with Gasteiger partial charge in [-0.05, 0) is 48.0 Å². The number of benzene rings is 2. The molecule has 0 fully saturated rings. The number of rotatable bonds is 5. The van der Waals surface area contributed by atoms with Gasteiger partial charge in [0, 0.05) is 11.3 Å². The molecular weight excluding hydrogens is 282 g/mol. The molecule has 0 amide bonds. The third-order valence-corrected chi connectivity index (χ3v) is 3.12. The molecule has 22 heavy (non-hydrogen) atoms. The Kier molecular flexibility index (Phi) is 4.68. The number of carbonyl (C=O) groups is 1. The molecule has 0 radical (unpaired) electrons. The van der Waals surface area contributed by atoms with E-state index in [1.807, 2.05) is 0 Å². The van der Waals surface area contributed by atoms with Crippen molar-refractivity contribution in [2.24, 2.45) is 0 Å². The maximum atomic E-state index is 12.1. The zero-order valence-electron chi connectivity index (χ0n) is 12.4. The monoisotopic (exact) mass is 299 g/mol. The van der Waals surface area contributed by atoms with Crippen LogP contribution in [0, 0.1) is 0 Å². The number of hydrogen-bond acceptors (Lipinski definition) is 5. The predicted octanol–water partition coefficient (Wildman–Crippen LogP) is 2.89. The summed E-state index contributed by atoms with van der Waals surface area (Å²) in [6.07, 6.45) is 3.07. The lowest BCUT2D eigenvalue weighted by Crippen LogP contribution is -1.95. The first-order valence-corrected chi connectivity index (χ1v) is 6.58. The largest absolute Gasteiger partial charge is 0.502 e. The lowest BCUT2D eigenvalue weighted by atomic mass is 10.1. The van der Waals surface area contributed by atoms with E-state index in [0.717, 1.165) is 0 Å². The van der Waals surface area contributed by atoms with Crippen molar-refractivity contribution in [3.63, 3.8) is 0 Å². The summed E-state index contributed by atoms with van der Waals surface area (Å²) < 4.78 is 10.1. The summed E-state index contributed by atoms with van der Waals surface area (Å²) in [5.74, 6) is 0.330. The van der Waals surface area contributed by atoms with Gasteiger partial charge in [-0.25, -0.2) is 0 Å². The van der Waals surface area contributed by atoms with E-state index >= 15 is 0 Å². The topological polar surface area (TPSA) is 81.8 Å². The maximum Gasteiger partial charge on any atom is 0.200 e. The van der Waals surface area contributed by atoms with Crippen LogP contribution in [0.5, 0.6) is 17.2 Å². The predicted molar refractivity (Wildman–Crippen MR) is 85.4 cm³/mol. The smallest absolute Gasteiger partial charge is 0.200 e. The molecule has 0 bridgehead atoms. The van der Waals surface area contributed by atoms with Crippen LogP contribution in [0.25, 0.3) is 6.08 Å². The second-order valence-corrected chi connectivity index (χ2v) is 4.59. The van der Waals surface area contributed by atoms with Gasteiger partial charge in [-0.2, -0.15) is 0 Å². The zero-order valence-corrected chi connectivity index (χ0v) is 12.4. The Hall–Kier alpha value is -2.95. The minimum Gasteiger partial charge on any atom is -0.502 e. The third-order valence-electron chi connectivity index (χ3n) is 3.12. The number of hydrogen-bond donors (Lipinski definition) is 2. The fourth-order valence-corrected chi connectivity index (χ4v) is 1.93. The molecule has 0 spiro atoms. The number of ether oxygens (including phenoxy) is 2. The Morgan fingerprint density at radius 3 is 2.14 bits per heavy atom.